The molecule has 0 amide bonds. The van der Waals surface area contributed by atoms with Crippen LogP contribution in [0.25, 0.3) is 0 Å². The van der Waals surface area contributed by atoms with Crippen LogP contribution in [-0.4, -0.2) is 47.6 Å². The Morgan fingerprint density at radius 3 is 3.18 bits per heavy atom. The number of hydrogen-bond acceptors (Lipinski definition) is 4. The van der Waals surface area contributed by atoms with Crippen molar-refractivity contribution in [1.29, 1.82) is 0 Å². The van der Waals surface area contributed by atoms with Gasteiger partial charge >= 0.3 is 5.97 Å². The number of hydrogen-bond donors (Lipinski definition) is 2. The second-order valence-corrected chi connectivity index (χ2v) is 4.50. The molecule has 1 fully saturated rings. The monoisotopic (exact) mass is 235 g/mol. The molecule has 1 saturated heterocycles. The molecule has 0 saturated carbocycles. The number of pyridine rings is 1. The van der Waals surface area contributed by atoms with Crippen molar-refractivity contribution in [3.8, 4) is 0 Å². The summed E-state index contributed by atoms with van der Waals surface area (Å²) in [5, 5.41) is 12.2. The molecule has 1 aromatic rings. The minimum atomic E-state index is -0.989. The van der Waals surface area contributed by atoms with Gasteiger partial charge in [0.05, 0.1) is 5.69 Å². The number of aromatic nitrogens is 1. The zero-order valence-corrected chi connectivity index (χ0v) is 9.89. The molecular weight excluding hydrogens is 218 g/mol. The topological polar surface area (TPSA) is 65.5 Å². The third-order valence-corrected chi connectivity index (χ3v) is 3.08. The van der Waals surface area contributed by atoms with Gasteiger partial charge in [-0.05, 0) is 38.1 Å². The fourth-order valence-electron chi connectivity index (χ4n) is 2.17. The molecule has 1 atom stereocenters. The van der Waals surface area contributed by atoms with Gasteiger partial charge in [0.15, 0.2) is 5.69 Å². The Kier molecular flexibility index (Phi) is 3.58. The van der Waals surface area contributed by atoms with Gasteiger partial charge in [-0.15, -0.1) is 0 Å². The predicted octanol–water partition coefficient (Wildman–Crippen LogP) is 1.14. The highest BCUT2D eigenvalue weighted by Crippen LogP contribution is 2.17. The van der Waals surface area contributed by atoms with Gasteiger partial charge < -0.3 is 15.3 Å². The number of aromatic carboxylic acids is 1. The smallest absolute Gasteiger partial charge is 0.356 e. The Balaban J connectivity index is 1.97. The zero-order chi connectivity index (χ0) is 12.3. The summed E-state index contributed by atoms with van der Waals surface area (Å²) < 4.78 is 0. The lowest BCUT2D eigenvalue weighted by molar-refractivity contribution is 0.0691. The zero-order valence-electron chi connectivity index (χ0n) is 9.89. The summed E-state index contributed by atoms with van der Waals surface area (Å²) in [7, 11) is 2.10. The van der Waals surface area contributed by atoms with Crippen molar-refractivity contribution in [2.24, 2.45) is 5.92 Å². The molecule has 1 aromatic heterocycles. The van der Waals surface area contributed by atoms with E-state index in [-0.39, 0.29) is 5.69 Å². The molecule has 0 radical (unpaired) electrons. The van der Waals surface area contributed by atoms with Crippen LogP contribution in [-0.2, 0) is 0 Å². The summed E-state index contributed by atoms with van der Waals surface area (Å²) in [6.45, 7) is 2.98. The van der Waals surface area contributed by atoms with E-state index in [9.17, 15) is 4.79 Å². The first-order valence-corrected chi connectivity index (χ1v) is 5.77. The molecule has 0 aromatic carbocycles. The van der Waals surface area contributed by atoms with E-state index in [2.05, 4.69) is 22.2 Å². The summed E-state index contributed by atoms with van der Waals surface area (Å²) in [6, 6.07) is 3.50. The summed E-state index contributed by atoms with van der Waals surface area (Å²) in [5.41, 5.74) is 0.702. The molecule has 0 aliphatic carbocycles. The van der Waals surface area contributed by atoms with E-state index in [1.165, 1.54) is 6.20 Å². The van der Waals surface area contributed by atoms with E-state index in [4.69, 9.17) is 5.11 Å². The van der Waals surface area contributed by atoms with Crippen molar-refractivity contribution >= 4 is 11.7 Å². The first kappa shape index (κ1) is 11.9. The molecule has 0 spiro atoms. The molecule has 1 aliphatic rings. The molecule has 5 nitrogen and oxygen atoms in total. The molecule has 5 heteroatoms. The van der Waals surface area contributed by atoms with Crippen LogP contribution in [0.3, 0.4) is 0 Å². The van der Waals surface area contributed by atoms with Crippen molar-refractivity contribution in [1.82, 2.24) is 9.88 Å². The number of likely N-dealkylation sites (tertiary alicyclic amines) is 1. The highest BCUT2D eigenvalue weighted by Gasteiger charge is 2.20. The number of anilines is 1. The van der Waals surface area contributed by atoms with E-state index in [1.54, 1.807) is 12.1 Å². The normalized spacial score (nSPS) is 20.4. The third-order valence-electron chi connectivity index (χ3n) is 3.08. The molecule has 92 valence electrons. The highest BCUT2D eigenvalue weighted by atomic mass is 16.4. The van der Waals surface area contributed by atoms with Crippen molar-refractivity contribution < 1.29 is 9.90 Å². The fraction of sp³-hybridized carbons (Fsp3) is 0.500. The maximum atomic E-state index is 11.0. The van der Waals surface area contributed by atoms with Crippen LogP contribution < -0.4 is 5.32 Å². The molecule has 2 N–H and O–H groups in total. The SMILES string of the molecule is CN1CCC(CNc2cccnc2C(=O)O)C1. The highest BCUT2D eigenvalue weighted by molar-refractivity contribution is 5.91. The lowest BCUT2D eigenvalue weighted by Crippen LogP contribution is -2.20. The molecule has 17 heavy (non-hydrogen) atoms. The summed E-state index contributed by atoms with van der Waals surface area (Å²) in [5.74, 6) is -0.404. The van der Waals surface area contributed by atoms with Crippen molar-refractivity contribution in [3.63, 3.8) is 0 Å². The van der Waals surface area contributed by atoms with E-state index >= 15 is 0 Å². The molecule has 1 unspecified atom stereocenters. The van der Waals surface area contributed by atoms with Crippen LogP contribution in [0, 0.1) is 5.92 Å². The minimum Gasteiger partial charge on any atom is -0.476 e. The molecule has 2 rings (SSSR count). The number of nitrogens with zero attached hydrogens (tertiary/aromatic N) is 2. The van der Waals surface area contributed by atoms with Crippen molar-refractivity contribution in [2.45, 2.75) is 6.42 Å². The van der Waals surface area contributed by atoms with Crippen LogP contribution in [0.15, 0.2) is 18.3 Å². The van der Waals surface area contributed by atoms with E-state index in [0.29, 0.717) is 11.6 Å². The predicted molar refractivity (Wildman–Crippen MR) is 65.3 cm³/mol. The van der Waals surface area contributed by atoms with Gasteiger partial charge in [0.1, 0.15) is 0 Å². The van der Waals surface area contributed by atoms with Gasteiger partial charge in [-0.1, -0.05) is 0 Å². The average molecular weight is 235 g/mol. The van der Waals surface area contributed by atoms with Crippen LogP contribution in [0.4, 0.5) is 5.69 Å². The Morgan fingerprint density at radius 2 is 2.53 bits per heavy atom. The fourth-order valence-corrected chi connectivity index (χ4v) is 2.17. The quantitative estimate of drug-likeness (QED) is 0.819. The Morgan fingerprint density at radius 1 is 1.71 bits per heavy atom. The number of carboxylic acids is 1. The molecule has 1 aliphatic heterocycles. The number of nitrogens with one attached hydrogen (secondary N) is 1. The Hall–Kier alpha value is -1.62. The van der Waals surface area contributed by atoms with Gasteiger partial charge in [-0.3, -0.25) is 0 Å². The third kappa shape index (κ3) is 2.94. The first-order valence-electron chi connectivity index (χ1n) is 5.77. The second kappa shape index (κ2) is 5.14. The summed E-state index contributed by atoms with van der Waals surface area (Å²) in [4.78, 5) is 17.1. The van der Waals surface area contributed by atoms with Crippen LogP contribution in [0.1, 0.15) is 16.9 Å². The molecular formula is C12H17N3O2. The van der Waals surface area contributed by atoms with Gasteiger partial charge in [-0.25, -0.2) is 9.78 Å². The Labute approximate surface area is 100 Å². The second-order valence-electron chi connectivity index (χ2n) is 4.50. The van der Waals surface area contributed by atoms with Crippen molar-refractivity contribution in [3.05, 3.63) is 24.0 Å². The summed E-state index contributed by atoms with van der Waals surface area (Å²) >= 11 is 0. The van der Waals surface area contributed by atoms with Crippen LogP contribution in [0.5, 0.6) is 0 Å². The maximum Gasteiger partial charge on any atom is 0.356 e. The Bertz CT molecular complexity index is 408. The van der Waals surface area contributed by atoms with E-state index < -0.39 is 5.97 Å². The van der Waals surface area contributed by atoms with Crippen LogP contribution in [0.2, 0.25) is 0 Å². The standard InChI is InChI=1S/C12H17N3O2/c1-15-6-4-9(8-15)7-14-10-3-2-5-13-11(10)12(16)17/h2-3,5,9,14H,4,6-8H2,1H3,(H,16,17). The number of carbonyl (C=O) groups is 1. The molecule has 2 heterocycles. The van der Waals surface area contributed by atoms with Gasteiger partial charge in [-0.2, -0.15) is 0 Å². The van der Waals surface area contributed by atoms with Crippen LogP contribution >= 0.6 is 0 Å². The van der Waals surface area contributed by atoms with Gasteiger partial charge in [0, 0.05) is 19.3 Å². The summed E-state index contributed by atoms with van der Waals surface area (Å²) in [6.07, 6.45) is 2.66. The number of rotatable bonds is 4. The lowest BCUT2D eigenvalue weighted by Gasteiger charge is -2.13. The average Bonchev–Trinajstić information content (AvgIpc) is 2.73. The first-order chi connectivity index (χ1) is 8.16. The van der Waals surface area contributed by atoms with Gasteiger partial charge in [0.25, 0.3) is 0 Å². The lowest BCUT2D eigenvalue weighted by atomic mass is 10.1. The minimum absolute atomic E-state index is 0.0962. The van der Waals surface area contributed by atoms with Gasteiger partial charge in [0.2, 0.25) is 0 Å². The van der Waals surface area contributed by atoms with E-state index in [0.717, 1.165) is 26.1 Å². The van der Waals surface area contributed by atoms with Crippen molar-refractivity contribution in [2.75, 3.05) is 32.0 Å². The maximum absolute atomic E-state index is 11.0. The molecule has 0 bridgehead atoms. The van der Waals surface area contributed by atoms with E-state index in [1.807, 2.05) is 0 Å². The number of carboxylic acid groups (broad SMARTS) is 1. The largest absolute Gasteiger partial charge is 0.476 e.